The van der Waals surface area contributed by atoms with Crippen molar-refractivity contribution in [3.63, 3.8) is 0 Å². The molecule has 0 radical (unpaired) electrons. The van der Waals surface area contributed by atoms with Crippen LogP contribution in [0, 0.1) is 0 Å². The van der Waals surface area contributed by atoms with Gasteiger partial charge < -0.3 is 20.7 Å². The van der Waals surface area contributed by atoms with E-state index in [0.29, 0.717) is 5.56 Å². The highest BCUT2D eigenvalue weighted by Gasteiger charge is 2.04. The number of benzene rings is 2. The van der Waals surface area contributed by atoms with E-state index in [1.807, 2.05) is 6.08 Å². The first-order valence-corrected chi connectivity index (χ1v) is 6.29. The van der Waals surface area contributed by atoms with Gasteiger partial charge in [0.1, 0.15) is 17.2 Å². The van der Waals surface area contributed by atoms with Crippen molar-refractivity contribution in [3.8, 4) is 17.2 Å². The maximum absolute atomic E-state index is 11.1. The Balaban J connectivity index is 2.19. The second-order valence-electron chi connectivity index (χ2n) is 4.36. The lowest BCUT2D eigenvalue weighted by molar-refractivity contribution is -0.132. The predicted octanol–water partition coefficient (Wildman–Crippen LogP) is 2.13. The average molecular weight is 285 g/mol. The molecular formula is C16H15NO4. The molecule has 0 unspecified atom stereocenters. The summed E-state index contributed by atoms with van der Waals surface area (Å²) in [6.07, 6.45) is 3.56. The Hall–Kier alpha value is -2.79. The first-order valence-electron chi connectivity index (χ1n) is 6.29. The predicted molar refractivity (Wildman–Crippen MR) is 79.8 cm³/mol. The van der Waals surface area contributed by atoms with Gasteiger partial charge in [-0.3, -0.25) is 4.79 Å². The highest BCUT2D eigenvalue weighted by atomic mass is 16.5. The van der Waals surface area contributed by atoms with Crippen molar-refractivity contribution in [1.29, 1.82) is 0 Å². The van der Waals surface area contributed by atoms with Gasteiger partial charge in [0, 0.05) is 6.07 Å². The summed E-state index contributed by atoms with van der Waals surface area (Å²) in [6.45, 7) is -0.228. The summed E-state index contributed by atoms with van der Waals surface area (Å²) in [6, 6.07) is 11.2. The van der Waals surface area contributed by atoms with Crippen molar-refractivity contribution in [2.75, 3.05) is 6.54 Å². The fourth-order valence-corrected chi connectivity index (χ4v) is 1.71. The topological polar surface area (TPSA) is 92.8 Å². The molecule has 2 aromatic rings. The molecule has 0 heterocycles. The van der Waals surface area contributed by atoms with Gasteiger partial charge >= 0.3 is 5.97 Å². The third-order valence-corrected chi connectivity index (χ3v) is 2.67. The van der Waals surface area contributed by atoms with Gasteiger partial charge in [0.15, 0.2) is 0 Å². The van der Waals surface area contributed by atoms with Crippen LogP contribution in [0.1, 0.15) is 11.1 Å². The molecule has 0 saturated heterocycles. The third kappa shape index (κ3) is 4.36. The summed E-state index contributed by atoms with van der Waals surface area (Å²) in [4.78, 5) is 11.1. The van der Waals surface area contributed by atoms with Crippen molar-refractivity contribution in [2.24, 2.45) is 5.73 Å². The molecule has 0 amide bonds. The summed E-state index contributed by atoms with van der Waals surface area (Å²) in [7, 11) is 0. The van der Waals surface area contributed by atoms with E-state index in [0.717, 1.165) is 5.56 Å². The van der Waals surface area contributed by atoms with Gasteiger partial charge in [-0.1, -0.05) is 24.3 Å². The first-order chi connectivity index (χ1) is 10.1. The van der Waals surface area contributed by atoms with E-state index in [2.05, 4.69) is 0 Å². The molecule has 2 aromatic carbocycles. The van der Waals surface area contributed by atoms with Crippen LogP contribution in [0.3, 0.4) is 0 Å². The number of nitrogens with two attached hydrogens (primary N) is 1. The van der Waals surface area contributed by atoms with Crippen LogP contribution in [0.5, 0.6) is 17.2 Å². The van der Waals surface area contributed by atoms with Gasteiger partial charge in [-0.2, -0.15) is 0 Å². The summed E-state index contributed by atoms with van der Waals surface area (Å²) < 4.78 is 4.96. The zero-order chi connectivity index (χ0) is 15.2. The van der Waals surface area contributed by atoms with Crippen LogP contribution in [0.25, 0.3) is 12.2 Å². The molecule has 2 rings (SSSR count). The Morgan fingerprint density at radius 2 is 1.67 bits per heavy atom. The van der Waals surface area contributed by atoms with Crippen LogP contribution in [-0.2, 0) is 4.79 Å². The Morgan fingerprint density at radius 1 is 1.00 bits per heavy atom. The van der Waals surface area contributed by atoms with Gasteiger partial charge in [-0.05, 0) is 35.4 Å². The Bertz CT molecular complexity index is 662. The second kappa shape index (κ2) is 6.58. The van der Waals surface area contributed by atoms with Crippen molar-refractivity contribution >= 4 is 18.1 Å². The third-order valence-electron chi connectivity index (χ3n) is 2.67. The molecule has 0 aliphatic heterocycles. The quantitative estimate of drug-likeness (QED) is 0.454. The van der Waals surface area contributed by atoms with Gasteiger partial charge in [0.05, 0.1) is 6.54 Å². The molecular weight excluding hydrogens is 270 g/mol. The Morgan fingerprint density at radius 3 is 2.33 bits per heavy atom. The van der Waals surface area contributed by atoms with Crippen LogP contribution < -0.4 is 10.5 Å². The monoisotopic (exact) mass is 285 g/mol. The van der Waals surface area contributed by atoms with Gasteiger partial charge in [0.2, 0.25) is 0 Å². The number of hydrogen-bond acceptors (Lipinski definition) is 5. The molecule has 21 heavy (non-hydrogen) atoms. The molecule has 5 heteroatoms. The molecule has 0 aliphatic rings. The number of rotatable bonds is 4. The molecule has 0 bridgehead atoms. The minimum atomic E-state index is -0.575. The Labute approximate surface area is 121 Å². The SMILES string of the molecule is NCC(=O)Oc1cc(O)cc(/C=C/c2ccc(O)cc2)c1. The van der Waals surface area contributed by atoms with Crippen LogP contribution in [0.15, 0.2) is 42.5 Å². The lowest BCUT2D eigenvalue weighted by Gasteiger charge is -2.05. The van der Waals surface area contributed by atoms with Crippen molar-refractivity contribution in [2.45, 2.75) is 0 Å². The van der Waals surface area contributed by atoms with Crippen LogP contribution in [-0.4, -0.2) is 22.7 Å². The van der Waals surface area contributed by atoms with Crippen molar-refractivity contribution in [1.82, 2.24) is 0 Å². The zero-order valence-corrected chi connectivity index (χ0v) is 11.2. The van der Waals surface area contributed by atoms with Gasteiger partial charge in [0.25, 0.3) is 0 Å². The van der Waals surface area contributed by atoms with E-state index in [1.54, 1.807) is 36.4 Å². The number of esters is 1. The highest BCUT2D eigenvalue weighted by molar-refractivity contribution is 5.75. The van der Waals surface area contributed by atoms with E-state index < -0.39 is 5.97 Å². The number of hydrogen-bond donors (Lipinski definition) is 3. The van der Waals surface area contributed by atoms with E-state index in [-0.39, 0.29) is 23.8 Å². The molecule has 5 nitrogen and oxygen atoms in total. The molecule has 0 aliphatic carbocycles. The number of phenolic OH excluding ortho intramolecular Hbond substituents is 2. The normalized spacial score (nSPS) is 10.7. The Kier molecular flexibility index (Phi) is 4.58. The molecule has 0 aromatic heterocycles. The van der Waals surface area contributed by atoms with Crippen molar-refractivity contribution in [3.05, 3.63) is 53.6 Å². The fourth-order valence-electron chi connectivity index (χ4n) is 1.71. The average Bonchev–Trinajstić information content (AvgIpc) is 2.46. The number of phenols is 2. The summed E-state index contributed by atoms with van der Waals surface area (Å²) >= 11 is 0. The lowest BCUT2D eigenvalue weighted by atomic mass is 10.1. The fraction of sp³-hybridized carbons (Fsp3) is 0.0625. The van der Waals surface area contributed by atoms with E-state index in [9.17, 15) is 15.0 Å². The minimum absolute atomic E-state index is 0.0114. The smallest absolute Gasteiger partial charge is 0.325 e. The second-order valence-corrected chi connectivity index (χ2v) is 4.36. The van der Waals surface area contributed by atoms with Crippen molar-refractivity contribution < 1.29 is 19.7 Å². The molecule has 0 spiro atoms. The van der Waals surface area contributed by atoms with Crippen LogP contribution in [0.2, 0.25) is 0 Å². The number of ether oxygens (including phenoxy) is 1. The molecule has 108 valence electrons. The van der Waals surface area contributed by atoms with Gasteiger partial charge in [-0.15, -0.1) is 0 Å². The molecule has 0 fully saturated rings. The molecule has 0 atom stereocenters. The standard InChI is InChI=1S/C16H15NO4/c17-10-16(20)21-15-8-12(7-14(19)9-15)2-1-11-3-5-13(18)6-4-11/h1-9,18-19H,10,17H2/b2-1+. The number of carbonyl (C=O) groups is 1. The van der Waals surface area contributed by atoms with E-state index in [1.165, 1.54) is 12.1 Å². The van der Waals surface area contributed by atoms with E-state index in [4.69, 9.17) is 10.5 Å². The first kappa shape index (κ1) is 14.6. The molecule has 0 saturated carbocycles. The number of aromatic hydroxyl groups is 2. The van der Waals surface area contributed by atoms with Crippen LogP contribution >= 0.6 is 0 Å². The molecule has 4 N–H and O–H groups in total. The maximum atomic E-state index is 11.1. The summed E-state index contributed by atoms with van der Waals surface area (Å²) in [5, 5.41) is 18.8. The van der Waals surface area contributed by atoms with Gasteiger partial charge in [-0.25, -0.2) is 0 Å². The number of carbonyl (C=O) groups excluding carboxylic acids is 1. The van der Waals surface area contributed by atoms with Crippen LogP contribution in [0.4, 0.5) is 0 Å². The summed E-state index contributed by atoms with van der Waals surface area (Å²) in [5.74, 6) is -0.159. The lowest BCUT2D eigenvalue weighted by Crippen LogP contribution is -2.19. The minimum Gasteiger partial charge on any atom is -0.508 e. The summed E-state index contributed by atoms with van der Waals surface area (Å²) in [5.41, 5.74) is 6.73. The van der Waals surface area contributed by atoms with E-state index >= 15 is 0 Å². The highest BCUT2D eigenvalue weighted by Crippen LogP contribution is 2.23. The maximum Gasteiger partial charge on any atom is 0.325 e. The largest absolute Gasteiger partial charge is 0.508 e. The zero-order valence-electron chi connectivity index (χ0n) is 11.2.